The van der Waals surface area contributed by atoms with Crippen LogP contribution in [-0.4, -0.2) is 10.8 Å². The topological polar surface area (TPSA) is 54.0 Å². The summed E-state index contributed by atoms with van der Waals surface area (Å²) in [5.41, 5.74) is 5.86. The first-order valence-corrected chi connectivity index (χ1v) is 9.64. The van der Waals surface area contributed by atoms with Crippen LogP contribution in [0.1, 0.15) is 36.1 Å². The molecular formula is C24H21N3O. The van der Waals surface area contributed by atoms with E-state index in [1.807, 2.05) is 60.7 Å². The summed E-state index contributed by atoms with van der Waals surface area (Å²) in [4.78, 5) is 17.9. The zero-order valence-electron chi connectivity index (χ0n) is 15.4. The number of benzene rings is 2. The maximum Gasteiger partial charge on any atom is 0.163 e. The van der Waals surface area contributed by atoms with E-state index in [4.69, 9.17) is 0 Å². The monoisotopic (exact) mass is 367 g/mol. The molecule has 2 heterocycles. The Bertz CT molecular complexity index is 1040. The van der Waals surface area contributed by atoms with Gasteiger partial charge in [0.05, 0.1) is 23.1 Å². The van der Waals surface area contributed by atoms with Crippen LogP contribution in [0.3, 0.4) is 0 Å². The van der Waals surface area contributed by atoms with E-state index in [0.717, 1.165) is 34.8 Å². The molecule has 3 aromatic rings. The number of nitrogens with zero attached hydrogens (tertiary/aromatic N) is 1. The Kier molecular flexibility index (Phi) is 4.17. The molecule has 28 heavy (non-hydrogen) atoms. The zero-order valence-corrected chi connectivity index (χ0v) is 15.4. The molecule has 0 amide bonds. The molecule has 2 N–H and O–H groups in total. The summed E-state index contributed by atoms with van der Waals surface area (Å²) in [6.07, 6.45) is 3.11. The van der Waals surface area contributed by atoms with Gasteiger partial charge in [0.1, 0.15) is 0 Å². The van der Waals surface area contributed by atoms with Crippen LogP contribution in [0.25, 0.3) is 0 Å². The lowest BCUT2D eigenvalue weighted by atomic mass is 9.79. The van der Waals surface area contributed by atoms with Crippen LogP contribution in [-0.2, 0) is 4.79 Å². The molecule has 0 saturated carbocycles. The Labute approximate surface area is 164 Å². The number of aromatic nitrogens is 1. The summed E-state index contributed by atoms with van der Waals surface area (Å²) in [5.74, 6) is 0.369. The molecule has 2 aliphatic rings. The number of hydrogen-bond acceptors (Lipinski definition) is 4. The zero-order chi connectivity index (χ0) is 18.9. The predicted molar refractivity (Wildman–Crippen MR) is 111 cm³/mol. The van der Waals surface area contributed by atoms with Gasteiger partial charge < -0.3 is 10.6 Å². The second kappa shape index (κ2) is 6.97. The molecule has 1 aliphatic heterocycles. The second-order valence-corrected chi connectivity index (χ2v) is 7.33. The van der Waals surface area contributed by atoms with Crippen molar-refractivity contribution in [1.29, 1.82) is 0 Å². The molecule has 0 fully saturated rings. The van der Waals surface area contributed by atoms with E-state index in [9.17, 15) is 4.79 Å². The maximum atomic E-state index is 13.3. The number of fused-ring (bicyclic) bond motifs is 1. The van der Waals surface area contributed by atoms with Crippen LogP contribution >= 0.6 is 0 Å². The van der Waals surface area contributed by atoms with E-state index in [2.05, 4.69) is 27.8 Å². The number of anilines is 2. The van der Waals surface area contributed by atoms with Gasteiger partial charge in [-0.25, -0.2) is 0 Å². The van der Waals surface area contributed by atoms with Crippen molar-refractivity contribution >= 4 is 17.2 Å². The van der Waals surface area contributed by atoms with E-state index >= 15 is 0 Å². The van der Waals surface area contributed by atoms with Gasteiger partial charge in [-0.2, -0.15) is 0 Å². The van der Waals surface area contributed by atoms with Gasteiger partial charge in [0.2, 0.25) is 0 Å². The number of ketones is 1. The molecule has 0 bridgehead atoms. The first kappa shape index (κ1) is 16.8. The lowest BCUT2D eigenvalue weighted by molar-refractivity contribution is -0.116. The van der Waals surface area contributed by atoms with Gasteiger partial charge in [-0.05, 0) is 42.2 Å². The number of carbonyl (C=O) groups excluding carboxylic acids is 1. The minimum absolute atomic E-state index is 0.179. The quantitative estimate of drug-likeness (QED) is 0.665. The molecule has 4 nitrogen and oxygen atoms in total. The number of hydrogen-bond donors (Lipinski definition) is 2. The van der Waals surface area contributed by atoms with E-state index in [1.165, 1.54) is 5.56 Å². The van der Waals surface area contributed by atoms with Crippen LogP contribution in [0.2, 0.25) is 0 Å². The fraction of sp³-hybridized carbons (Fsp3) is 0.167. The van der Waals surface area contributed by atoms with Gasteiger partial charge >= 0.3 is 0 Å². The number of Topliss-reactive ketones (excluding diaryl/α,β-unsaturated/α-hetero) is 1. The summed E-state index contributed by atoms with van der Waals surface area (Å²) >= 11 is 0. The Morgan fingerprint density at radius 2 is 1.57 bits per heavy atom. The van der Waals surface area contributed by atoms with Gasteiger partial charge in [-0.15, -0.1) is 0 Å². The molecule has 2 atom stereocenters. The van der Waals surface area contributed by atoms with E-state index < -0.39 is 0 Å². The van der Waals surface area contributed by atoms with Crippen molar-refractivity contribution in [2.24, 2.45) is 0 Å². The summed E-state index contributed by atoms with van der Waals surface area (Å²) < 4.78 is 0. The summed E-state index contributed by atoms with van der Waals surface area (Å²) in [6.45, 7) is 0. The van der Waals surface area contributed by atoms with Crippen LogP contribution < -0.4 is 10.6 Å². The fourth-order valence-electron chi connectivity index (χ4n) is 4.22. The minimum Gasteiger partial charge on any atom is -0.371 e. The molecule has 1 aliphatic carbocycles. The van der Waals surface area contributed by atoms with Crippen molar-refractivity contribution in [3.63, 3.8) is 0 Å². The fourth-order valence-corrected chi connectivity index (χ4v) is 4.22. The smallest absolute Gasteiger partial charge is 0.163 e. The van der Waals surface area contributed by atoms with E-state index in [1.54, 1.807) is 6.20 Å². The van der Waals surface area contributed by atoms with Gasteiger partial charge in [0.25, 0.3) is 0 Å². The SMILES string of the molecule is O=C1C[C@H](c2ccccc2)CC2=C1[C@@H](c1ccccn1)Nc1ccccc1N2. The highest BCUT2D eigenvalue weighted by molar-refractivity contribution is 6.01. The van der Waals surface area contributed by atoms with Crippen LogP contribution in [0.4, 0.5) is 11.4 Å². The highest BCUT2D eigenvalue weighted by atomic mass is 16.1. The van der Waals surface area contributed by atoms with Gasteiger partial charge in [-0.3, -0.25) is 9.78 Å². The van der Waals surface area contributed by atoms with E-state index in [0.29, 0.717) is 6.42 Å². The summed E-state index contributed by atoms with van der Waals surface area (Å²) in [5, 5.41) is 7.12. The van der Waals surface area contributed by atoms with Crippen LogP contribution in [0.5, 0.6) is 0 Å². The van der Waals surface area contributed by atoms with E-state index in [-0.39, 0.29) is 17.7 Å². The molecule has 0 radical (unpaired) electrons. The van der Waals surface area contributed by atoms with Crippen LogP contribution in [0.15, 0.2) is 90.3 Å². The first-order valence-electron chi connectivity index (χ1n) is 9.64. The standard InChI is InChI=1S/C24H21N3O/c28-22-15-17(16-8-2-1-3-9-16)14-21-23(22)24(20-12-6-7-13-25-20)27-19-11-5-4-10-18(19)26-21/h1-13,17,24,26-27H,14-15H2/t17-,24-/m1/s1. The van der Waals surface area contributed by atoms with Crippen molar-refractivity contribution < 1.29 is 4.79 Å². The van der Waals surface area contributed by atoms with Crippen molar-refractivity contribution in [2.75, 3.05) is 10.6 Å². The third-order valence-corrected chi connectivity index (χ3v) is 5.56. The largest absolute Gasteiger partial charge is 0.371 e. The van der Waals surface area contributed by atoms with Gasteiger partial charge in [-0.1, -0.05) is 48.5 Å². The highest BCUT2D eigenvalue weighted by Crippen LogP contribution is 2.43. The highest BCUT2D eigenvalue weighted by Gasteiger charge is 2.36. The first-order chi connectivity index (χ1) is 13.8. The summed E-state index contributed by atoms with van der Waals surface area (Å²) in [7, 11) is 0. The normalized spacial score (nSPS) is 21.1. The van der Waals surface area contributed by atoms with Crippen molar-refractivity contribution in [3.8, 4) is 0 Å². The molecular weight excluding hydrogens is 346 g/mol. The third kappa shape index (κ3) is 2.97. The maximum absolute atomic E-state index is 13.3. The third-order valence-electron chi connectivity index (χ3n) is 5.56. The Morgan fingerprint density at radius 3 is 2.36 bits per heavy atom. The van der Waals surface area contributed by atoms with Crippen LogP contribution in [0, 0.1) is 0 Å². The number of pyridine rings is 1. The van der Waals surface area contributed by atoms with Crippen molar-refractivity contribution in [2.45, 2.75) is 24.8 Å². The predicted octanol–water partition coefficient (Wildman–Crippen LogP) is 5.06. The van der Waals surface area contributed by atoms with Crippen molar-refractivity contribution in [3.05, 3.63) is 102 Å². The molecule has 2 aromatic carbocycles. The van der Waals surface area contributed by atoms with Gasteiger partial charge in [0.15, 0.2) is 5.78 Å². The Hall–Kier alpha value is -3.40. The molecule has 4 heteroatoms. The molecule has 0 spiro atoms. The minimum atomic E-state index is -0.253. The molecule has 0 unspecified atom stereocenters. The number of para-hydroxylation sites is 2. The average Bonchev–Trinajstić information content (AvgIpc) is 2.92. The van der Waals surface area contributed by atoms with Crippen molar-refractivity contribution in [1.82, 2.24) is 4.98 Å². The average molecular weight is 367 g/mol. The Balaban J connectivity index is 1.62. The Morgan fingerprint density at radius 1 is 0.821 bits per heavy atom. The molecule has 1 aromatic heterocycles. The second-order valence-electron chi connectivity index (χ2n) is 7.33. The molecule has 138 valence electrons. The molecule has 0 saturated heterocycles. The molecule has 5 rings (SSSR count). The lowest BCUT2D eigenvalue weighted by Crippen LogP contribution is -2.27. The number of rotatable bonds is 2. The number of carbonyl (C=O) groups is 1. The number of nitrogens with one attached hydrogen (secondary N) is 2. The number of allylic oxidation sites excluding steroid dienone is 1. The van der Waals surface area contributed by atoms with Gasteiger partial charge in [0, 0.05) is 23.9 Å². The summed E-state index contributed by atoms with van der Waals surface area (Å²) in [6, 6.07) is 24.0. The lowest BCUT2D eigenvalue weighted by Gasteiger charge is -2.29.